The smallest absolute Gasteiger partial charge is 0.353 e. The van der Waals surface area contributed by atoms with Crippen molar-refractivity contribution in [2.75, 3.05) is 6.54 Å². The summed E-state index contributed by atoms with van der Waals surface area (Å²) in [5, 5.41) is 3.67. The molecule has 0 unspecified atom stereocenters. The van der Waals surface area contributed by atoms with Crippen molar-refractivity contribution < 1.29 is 28.7 Å². The number of carbonyl (C=O) groups excluding carboxylic acids is 5. The highest BCUT2D eigenvalue weighted by Gasteiger charge is 2.67. The topological polar surface area (TPSA) is 101 Å². The predicted molar refractivity (Wildman–Crippen MR) is 158 cm³/mol. The van der Waals surface area contributed by atoms with Crippen molar-refractivity contribution in [3.8, 4) is 5.75 Å². The van der Waals surface area contributed by atoms with Crippen molar-refractivity contribution in [2.45, 2.75) is 16.1 Å². The summed E-state index contributed by atoms with van der Waals surface area (Å²) in [6, 6.07) is 15.5. The Kier molecular flexibility index (Phi) is 7.65. The van der Waals surface area contributed by atoms with Crippen LogP contribution in [0.25, 0.3) is 0 Å². The lowest BCUT2D eigenvalue weighted by atomic mass is 9.81. The van der Waals surface area contributed by atoms with Crippen molar-refractivity contribution in [3.63, 3.8) is 0 Å². The van der Waals surface area contributed by atoms with Crippen molar-refractivity contribution in [1.82, 2.24) is 10.0 Å². The Morgan fingerprint density at radius 1 is 0.927 bits per heavy atom. The van der Waals surface area contributed by atoms with Gasteiger partial charge in [0.2, 0.25) is 0 Å². The lowest BCUT2D eigenvalue weighted by Crippen LogP contribution is -2.52. The molecule has 1 aromatic heterocycles. The lowest BCUT2D eigenvalue weighted by molar-refractivity contribution is -0.154. The third kappa shape index (κ3) is 4.86. The fourth-order valence-corrected chi connectivity index (χ4v) is 8.76. The summed E-state index contributed by atoms with van der Waals surface area (Å²) in [6.07, 6.45) is 0.729. The van der Waals surface area contributed by atoms with Crippen LogP contribution in [0.2, 0.25) is 5.02 Å². The molecule has 1 aliphatic heterocycles. The Labute approximate surface area is 260 Å². The number of hydrogen-bond acceptors (Lipinski definition) is 7. The van der Waals surface area contributed by atoms with E-state index in [4.69, 9.17) is 16.3 Å². The van der Waals surface area contributed by atoms with E-state index >= 15 is 0 Å². The van der Waals surface area contributed by atoms with Crippen LogP contribution in [0.1, 0.15) is 36.8 Å². The Balaban J connectivity index is 1.27. The van der Waals surface area contributed by atoms with E-state index in [1.165, 1.54) is 47.7 Å². The number of rotatable bonds is 7. The van der Waals surface area contributed by atoms with Gasteiger partial charge in [-0.3, -0.25) is 19.2 Å². The molecule has 8 nitrogen and oxygen atoms in total. The average Bonchev–Trinajstić information content (AvgIpc) is 3.74. The first-order valence-corrected chi connectivity index (χ1v) is 15.9. The first-order valence-electron chi connectivity index (χ1n) is 12.8. The number of ether oxygens (including phenoxy) is 1. The molecule has 3 aliphatic rings. The number of thiophene rings is 1. The van der Waals surface area contributed by atoms with Gasteiger partial charge in [-0.25, -0.2) is 9.80 Å². The quantitative estimate of drug-likeness (QED) is 0.103. The molecule has 3 fully saturated rings. The second-order valence-electron chi connectivity index (χ2n) is 10.1. The Bertz CT molecular complexity index is 1530. The number of imide groups is 1. The van der Waals surface area contributed by atoms with Gasteiger partial charge in [0, 0.05) is 15.2 Å². The Hall–Kier alpha value is -2.86. The van der Waals surface area contributed by atoms with E-state index in [1.54, 1.807) is 29.6 Å². The normalized spacial score (nSPS) is 26.3. The number of halogens is 3. The molecule has 6 atom stereocenters. The van der Waals surface area contributed by atoms with Gasteiger partial charge in [-0.15, -0.1) is 11.3 Å². The largest absolute Gasteiger partial charge is 0.422 e. The minimum absolute atomic E-state index is 0.0206. The molecule has 3 aromatic rings. The van der Waals surface area contributed by atoms with Crippen molar-refractivity contribution in [3.05, 3.63) is 87.1 Å². The van der Waals surface area contributed by atoms with E-state index in [-0.39, 0.29) is 43.4 Å². The van der Waals surface area contributed by atoms with Crippen LogP contribution in [0.3, 0.4) is 0 Å². The van der Waals surface area contributed by atoms with Crippen LogP contribution in [-0.2, 0) is 9.59 Å². The number of carbonyl (C=O) groups is 5. The van der Waals surface area contributed by atoms with Gasteiger partial charge in [-0.2, -0.15) is 5.01 Å². The number of nitrogens with zero attached hydrogens (tertiary/aromatic N) is 2. The molecule has 2 aromatic carbocycles. The maximum atomic E-state index is 13.8. The summed E-state index contributed by atoms with van der Waals surface area (Å²) in [5.74, 6) is -3.76. The van der Waals surface area contributed by atoms with Gasteiger partial charge in [0.1, 0.15) is 17.2 Å². The number of hydrogen-bond donors (Lipinski definition) is 0. The van der Waals surface area contributed by atoms with Gasteiger partial charge < -0.3 is 4.74 Å². The zero-order chi connectivity index (χ0) is 29.0. The number of fused-ring (bicyclic) bond motifs is 5. The molecular formula is C29H21Br2ClN2O6S. The van der Waals surface area contributed by atoms with Crippen LogP contribution in [0.4, 0.5) is 0 Å². The molecule has 210 valence electrons. The van der Waals surface area contributed by atoms with Gasteiger partial charge in [-0.1, -0.05) is 61.7 Å². The van der Waals surface area contributed by atoms with Gasteiger partial charge in [0.25, 0.3) is 17.7 Å². The van der Waals surface area contributed by atoms with Gasteiger partial charge in [-0.05, 0) is 66.1 Å². The highest BCUT2D eigenvalue weighted by molar-refractivity contribution is 9.12. The Morgan fingerprint density at radius 2 is 1.56 bits per heavy atom. The summed E-state index contributed by atoms with van der Waals surface area (Å²) in [5.41, 5.74) is 0.272. The predicted octanol–water partition coefficient (Wildman–Crippen LogP) is 5.64. The zero-order valence-electron chi connectivity index (χ0n) is 21.1. The molecule has 12 heteroatoms. The third-order valence-electron chi connectivity index (χ3n) is 7.95. The molecule has 0 spiro atoms. The standard InChI is InChI=1S/C29H21Br2ClN2O6S/c30-24-17-12-18(25(24)31)23-22(17)27(37)34(28(23)38)33(26(36)16-4-1-2-5-19(16)32)13-20(35)14-7-9-15(10-8-14)40-29(39)21-6-3-11-41-21/h1-11,17-18,22-25H,12-13H2/t17-,18-,22-,23+,24+,25+/m1/s1. The number of esters is 1. The highest BCUT2D eigenvalue weighted by atomic mass is 79.9. The number of amides is 3. The SMILES string of the molecule is O=C(CN(C(=O)c1ccccc1Cl)N1C(=O)[C@@H]2[C@H]3C[C@@H]([C@H](Br)[C@H]3Br)[C@@H]2C1=O)c1ccc(OC(=O)c2cccs2)cc1. The van der Waals surface area contributed by atoms with Crippen LogP contribution in [0.15, 0.2) is 66.0 Å². The first-order chi connectivity index (χ1) is 19.7. The average molecular weight is 721 g/mol. The minimum Gasteiger partial charge on any atom is -0.422 e. The molecule has 6 rings (SSSR count). The number of ketones is 1. The van der Waals surface area contributed by atoms with Crippen LogP contribution < -0.4 is 4.74 Å². The molecule has 2 bridgehead atoms. The fourth-order valence-electron chi connectivity index (χ4n) is 6.07. The maximum absolute atomic E-state index is 13.8. The zero-order valence-corrected chi connectivity index (χ0v) is 25.9. The van der Waals surface area contributed by atoms with Crippen LogP contribution in [0.5, 0.6) is 5.75 Å². The second-order valence-corrected chi connectivity index (χ2v) is 13.6. The number of hydrazine groups is 1. The molecular weight excluding hydrogens is 700 g/mol. The number of Topliss-reactive ketones (excluding diaryl/α,β-unsaturated/α-hetero) is 1. The maximum Gasteiger partial charge on any atom is 0.353 e. The summed E-state index contributed by atoms with van der Waals surface area (Å²) >= 11 is 14.9. The minimum atomic E-state index is -0.731. The molecule has 1 saturated heterocycles. The van der Waals surface area contributed by atoms with Gasteiger partial charge in [0.05, 0.1) is 22.4 Å². The summed E-state index contributed by atoms with van der Waals surface area (Å²) in [4.78, 5) is 67.5. The van der Waals surface area contributed by atoms with Crippen molar-refractivity contribution in [1.29, 1.82) is 0 Å². The summed E-state index contributed by atoms with van der Waals surface area (Å²) in [7, 11) is 0. The van der Waals surface area contributed by atoms with Gasteiger partial charge >= 0.3 is 5.97 Å². The molecule has 2 heterocycles. The summed E-state index contributed by atoms with van der Waals surface area (Å²) < 4.78 is 5.35. The van der Waals surface area contributed by atoms with Crippen LogP contribution in [0, 0.1) is 23.7 Å². The molecule has 2 saturated carbocycles. The van der Waals surface area contributed by atoms with E-state index in [1.807, 2.05) is 0 Å². The molecule has 3 amide bonds. The van der Waals surface area contributed by atoms with Crippen LogP contribution in [-0.4, -0.2) is 55.7 Å². The monoisotopic (exact) mass is 718 g/mol. The molecule has 0 N–H and O–H groups in total. The van der Waals surface area contributed by atoms with Crippen molar-refractivity contribution >= 4 is 84.3 Å². The number of alkyl halides is 2. The first kappa shape index (κ1) is 28.3. The highest BCUT2D eigenvalue weighted by Crippen LogP contribution is 2.60. The van der Waals surface area contributed by atoms with Gasteiger partial charge in [0.15, 0.2) is 5.78 Å². The lowest BCUT2D eigenvalue weighted by Gasteiger charge is -2.31. The molecule has 41 heavy (non-hydrogen) atoms. The number of benzene rings is 2. The third-order valence-corrected chi connectivity index (χ3v) is 12.3. The molecule has 0 radical (unpaired) electrons. The van der Waals surface area contributed by atoms with E-state index in [0.717, 1.165) is 16.4 Å². The van der Waals surface area contributed by atoms with Crippen molar-refractivity contribution in [2.24, 2.45) is 23.7 Å². The Morgan fingerprint density at radius 3 is 2.15 bits per heavy atom. The summed E-state index contributed by atoms with van der Waals surface area (Å²) in [6.45, 7) is -0.569. The molecule has 2 aliphatic carbocycles. The van der Waals surface area contributed by atoms with E-state index in [2.05, 4.69) is 31.9 Å². The van der Waals surface area contributed by atoms with Crippen LogP contribution >= 0.6 is 54.8 Å². The van der Waals surface area contributed by atoms with E-state index in [0.29, 0.717) is 4.88 Å². The fraction of sp³-hybridized carbons (Fsp3) is 0.276. The second kappa shape index (κ2) is 11.1. The van der Waals surface area contributed by atoms with E-state index in [9.17, 15) is 24.0 Å². The van der Waals surface area contributed by atoms with E-state index < -0.39 is 47.9 Å².